The van der Waals surface area contributed by atoms with Crippen LogP contribution in [0.3, 0.4) is 0 Å². The summed E-state index contributed by atoms with van der Waals surface area (Å²) in [5.41, 5.74) is 8.00. The van der Waals surface area contributed by atoms with E-state index in [1.807, 2.05) is 24.3 Å². The van der Waals surface area contributed by atoms with Gasteiger partial charge in [-0.15, -0.1) is 0 Å². The zero-order valence-corrected chi connectivity index (χ0v) is 9.23. The molecule has 4 N–H and O–H groups in total. The van der Waals surface area contributed by atoms with Gasteiger partial charge in [0.25, 0.3) is 0 Å². The van der Waals surface area contributed by atoms with Crippen molar-refractivity contribution in [3.8, 4) is 0 Å². The summed E-state index contributed by atoms with van der Waals surface area (Å²) in [6.07, 6.45) is 0.963. The smallest absolute Gasteiger partial charge is 0.320 e. The number of hydrogen-bond acceptors (Lipinski definition) is 3. The molecule has 0 aromatic heterocycles. The van der Waals surface area contributed by atoms with E-state index in [4.69, 9.17) is 16.2 Å². The summed E-state index contributed by atoms with van der Waals surface area (Å²) in [6.45, 7) is 1.76. The Bertz CT molecular complexity index is 385. The van der Waals surface area contributed by atoms with Crippen LogP contribution >= 0.6 is 0 Å². The van der Waals surface area contributed by atoms with Gasteiger partial charge in [-0.1, -0.05) is 24.3 Å². The fraction of sp³-hybridized carbons (Fsp3) is 0.333. The topological polar surface area (TPSA) is 87.2 Å². The molecule has 0 bridgehead atoms. The summed E-state index contributed by atoms with van der Waals surface area (Å²) in [7, 11) is 0. The Morgan fingerprint density at radius 2 is 1.88 bits per heavy atom. The average molecular weight is 220 g/mol. The van der Waals surface area contributed by atoms with Crippen molar-refractivity contribution in [2.75, 3.05) is 0 Å². The van der Waals surface area contributed by atoms with E-state index >= 15 is 0 Å². The molecule has 0 saturated heterocycles. The first-order valence-corrected chi connectivity index (χ1v) is 5.09. The lowest BCUT2D eigenvalue weighted by Gasteiger charge is -2.07. The van der Waals surface area contributed by atoms with Gasteiger partial charge < -0.3 is 16.2 Å². The molecule has 0 spiro atoms. The van der Waals surface area contributed by atoms with Crippen LogP contribution in [-0.2, 0) is 17.6 Å². The van der Waals surface area contributed by atoms with Gasteiger partial charge in [-0.2, -0.15) is 0 Å². The maximum atomic E-state index is 10.6. The van der Waals surface area contributed by atoms with Crippen LogP contribution in [0.15, 0.2) is 24.3 Å². The summed E-state index contributed by atoms with van der Waals surface area (Å²) in [4.78, 5) is 10.6. The first-order valence-electron chi connectivity index (χ1n) is 5.09. The molecule has 1 rings (SSSR count). The summed E-state index contributed by atoms with van der Waals surface area (Å²) in [5, 5.41) is 16.0. The second-order valence-electron chi connectivity index (χ2n) is 3.92. The fourth-order valence-electron chi connectivity index (χ4n) is 1.44. The van der Waals surface area contributed by atoms with Gasteiger partial charge in [0.15, 0.2) is 0 Å². The Kier molecular flexibility index (Phi) is 4.19. The molecule has 0 aliphatic heterocycles. The van der Waals surface area contributed by atoms with E-state index in [1.165, 1.54) is 0 Å². The van der Waals surface area contributed by atoms with Gasteiger partial charge in [0, 0.05) is 12.1 Å². The Hall–Kier alpha value is -1.68. The predicted molar refractivity (Wildman–Crippen MR) is 62.9 cm³/mol. The maximum Gasteiger partial charge on any atom is 0.320 e. The van der Waals surface area contributed by atoms with Gasteiger partial charge in [-0.3, -0.25) is 4.79 Å². The molecule has 0 fully saturated rings. The van der Waals surface area contributed by atoms with Gasteiger partial charge in [-0.05, 0) is 24.5 Å². The molecule has 0 saturated carbocycles. The van der Waals surface area contributed by atoms with Gasteiger partial charge in [-0.25, -0.2) is 0 Å². The number of carboxylic acids is 1. The number of nitrogens with two attached hydrogens (primary N) is 1. The van der Waals surface area contributed by atoms with E-state index < -0.39 is 12.0 Å². The van der Waals surface area contributed by atoms with E-state index in [-0.39, 0.29) is 0 Å². The number of carboxylic acid groups (broad SMARTS) is 1. The SMILES string of the molecule is CC(=N)Cc1ccc(CC(N)C(=O)O)cc1. The van der Waals surface area contributed by atoms with Crippen LogP contribution in [0.5, 0.6) is 0 Å². The minimum absolute atomic E-state index is 0.333. The molecule has 4 heteroatoms. The van der Waals surface area contributed by atoms with Crippen molar-refractivity contribution in [3.63, 3.8) is 0 Å². The minimum atomic E-state index is -0.987. The first-order chi connectivity index (χ1) is 7.49. The normalized spacial score (nSPS) is 12.1. The van der Waals surface area contributed by atoms with Gasteiger partial charge in [0.05, 0.1) is 0 Å². The van der Waals surface area contributed by atoms with Crippen LogP contribution in [-0.4, -0.2) is 22.8 Å². The molecule has 4 nitrogen and oxygen atoms in total. The van der Waals surface area contributed by atoms with Crippen LogP contribution in [0.25, 0.3) is 0 Å². The molecular formula is C12H16N2O2. The first kappa shape index (κ1) is 12.4. The van der Waals surface area contributed by atoms with E-state index in [1.54, 1.807) is 6.92 Å². The number of nitrogens with one attached hydrogen (secondary N) is 1. The van der Waals surface area contributed by atoms with Gasteiger partial charge >= 0.3 is 5.97 Å². The molecule has 0 aliphatic rings. The largest absolute Gasteiger partial charge is 0.480 e. The highest BCUT2D eigenvalue weighted by Gasteiger charge is 2.11. The zero-order valence-electron chi connectivity index (χ0n) is 9.23. The fourth-order valence-corrected chi connectivity index (χ4v) is 1.44. The molecular weight excluding hydrogens is 204 g/mol. The molecule has 1 aromatic rings. The molecule has 16 heavy (non-hydrogen) atoms. The third-order valence-electron chi connectivity index (χ3n) is 2.27. The second-order valence-corrected chi connectivity index (χ2v) is 3.92. The van der Waals surface area contributed by atoms with Crippen LogP contribution in [0, 0.1) is 5.41 Å². The van der Waals surface area contributed by atoms with E-state index in [2.05, 4.69) is 0 Å². The molecule has 1 unspecified atom stereocenters. The van der Waals surface area contributed by atoms with Gasteiger partial charge in [0.2, 0.25) is 0 Å². The number of hydrogen-bond donors (Lipinski definition) is 3. The third-order valence-corrected chi connectivity index (χ3v) is 2.27. The lowest BCUT2D eigenvalue weighted by atomic mass is 10.0. The summed E-state index contributed by atoms with van der Waals surface area (Å²) in [5.74, 6) is -0.987. The number of carbonyl (C=O) groups is 1. The molecule has 0 heterocycles. The van der Waals surface area contributed by atoms with Crippen LogP contribution in [0.2, 0.25) is 0 Å². The van der Waals surface area contributed by atoms with Crippen molar-refractivity contribution in [3.05, 3.63) is 35.4 Å². The predicted octanol–water partition coefficient (Wildman–Crippen LogP) is 1.22. The van der Waals surface area contributed by atoms with Crippen molar-refractivity contribution in [1.82, 2.24) is 0 Å². The number of aliphatic carboxylic acids is 1. The quantitative estimate of drug-likeness (QED) is 0.652. The van der Waals surface area contributed by atoms with Crippen LogP contribution < -0.4 is 5.73 Å². The van der Waals surface area contributed by atoms with Crippen molar-refractivity contribution in [1.29, 1.82) is 5.41 Å². The van der Waals surface area contributed by atoms with Crippen LogP contribution in [0.4, 0.5) is 0 Å². The summed E-state index contributed by atoms with van der Waals surface area (Å²) < 4.78 is 0. The Morgan fingerprint density at radius 1 is 1.38 bits per heavy atom. The highest BCUT2D eigenvalue weighted by atomic mass is 16.4. The zero-order chi connectivity index (χ0) is 12.1. The molecule has 0 aliphatic carbocycles. The summed E-state index contributed by atoms with van der Waals surface area (Å²) >= 11 is 0. The van der Waals surface area contributed by atoms with Crippen LogP contribution in [0.1, 0.15) is 18.1 Å². The lowest BCUT2D eigenvalue weighted by Crippen LogP contribution is -2.32. The highest BCUT2D eigenvalue weighted by Crippen LogP contribution is 2.07. The van der Waals surface area contributed by atoms with Gasteiger partial charge in [0.1, 0.15) is 6.04 Å². The Morgan fingerprint density at radius 3 is 2.31 bits per heavy atom. The third kappa shape index (κ3) is 3.82. The maximum absolute atomic E-state index is 10.6. The van der Waals surface area contributed by atoms with E-state index in [9.17, 15) is 4.79 Å². The standard InChI is InChI=1S/C12H16N2O2/c1-8(13)6-9-2-4-10(5-3-9)7-11(14)12(15)16/h2-5,11,13H,6-7,14H2,1H3,(H,15,16). The number of benzene rings is 1. The molecule has 1 aromatic carbocycles. The summed E-state index contributed by atoms with van der Waals surface area (Å²) in [6, 6.07) is 6.68. The van der Waals surface area contributed by atoms with E-state index in [0.29, 0.717) is 18.6 Å². The average Bonchev–Trinajstić information content (AvgIpc) is 2.20. The van der Waals surface area contributed by atoms with Crippen molar-refractivity contribution in [2.24, 2.45) is 5.73 Å². The second kappa shape index (κ2) is 5.42. The molecule has 86 valence electrons. The Balaban J connectivity index is 2.64. The van der Waals surface area contributed by atoms with Crippen molar-refractivity contribution >= 4 is 11.7 Å². The van der Waals surface area contributed by atoms with E-state index in [0.717, 1.165) is 11.1 Å². The van der Waals surface area contributed by atoms with Crippen molar-refractivity contribution < 1.29 is 9.90 Å². The molecule has 0 amide bonds. The monoisotopic (exact) mass is 220 g/mol. The molecule has 0 radical (unpaired) electrons. The lowest BCUT2D eigenvalue weighted by molar-refractivity contribution is -0.138. The highest BCUT2D eigenvalue weighted by molar-refractivity contribution is 5.81. The number of rotatable bonds is 5. The van der Waals surface area contributed by atoms with Crippen molar-refractivity contribution in [2.45, 2.75) is 25.8 Å². The molecule has 1 atom stereocenters. The minimum Gasteiger partial charge on any atom is -0.480 e. The Labute approximate surface area is 94.6 Å².